The first-order valence-corrected chi connectivity index (χ1v) is 11.2. The van der Waals surface area contributed by atoms with E-state index in [1.807, 2.05) is 13.8 Å². The lowest BCUT2D eigenvalue weighted by Crippen LogP contribution is -3.07. The van der Waals surface area contributed by atoms with Crippen molar-refractivity contribution in [3.63, 3.8) is 0 Å². The summed E-state index contributed by atoms with van der Waals surface area (Å²) in [5.41, 5.74) is 0.428. The smallest absolute Gasteiger partial charge is 0.251 e. The fraction of sp³-hybridized carbons (Fsp3) is 0.650. The van der Waals surface area contributed by atoms with Crippen molar-refractivity contribution < 1.29 is 22.8 Å². The third kappa shape index (κ3) is 6.01. The van der Waals surface area contributed by atoms with Gasteiger partial charge in [-0.05, 0) is 38.1 Å². The summed E-state index contributed by atoms with van der Waals surface area (Å²) in [7, 11) is 0.564. The molecule has 0 saturated carbocycles. The molecule has 2 N–H and O–H groups in total. The van der Waals surface area contributed by atoms with Gasteiger partial charge in [-0.3, -0.25) is 4.79 Å². The van der Waals surface area contributed by atoms with Gasteiger partial charge in [0.25, 0.3) is 5.91 Å². The van der Waals surface area contributed by atoms with E-state index in [4.69, 9.17) is 4.74 Å². The van der Waals surface area contributed by atoms with Gasteiger partial charge in [-0.2, -0.15) is 4.31 Å². The predicted molar refractivity (Wildman–Crippen MR) is 109 cm³/mol. The van der Waals surface area contributed by atoms with E-state index < -0.39 is 10.0 Å². The number of nitrogens with one attached hydrogen (secondary N) is 2. The van der Waals surface area contributed by atoms with Crippen LogP contribution >= 0.6 is 0 Å². The number of hydrogen-bond donors (Lipinski definition) is 2. The normalized spacial score (nSPS) is 21.7. The zero-order valence-electron chi connectivity index (χ0n) is 17.8. The molecule has 1 heterocycles. The average Bonchev–Trinajstić information content (AvgIpc) is 2.58. The van der Waals surface area contributed by atoms with Gasteiger partial charge in [-0.1, -0.05) is 13.8 Å². The maximum absolute atomic E-state index is 12.9. The summed E-state index contributed by atoms with van der Waals surface area (Å²) in [5.74, 6) is -0.195. The van der Waals surface area contributed by atoms with Crippen LogP contribution in [0.2, 0.25) is 0 Å². The summed E-state index contributed by atoms with van der Waals surface area (Å²) >= 11 is 0. The molecule has 1 aliphatic heterocycles. The molecule has 0 unspecified atom stereocenters. The molecule has 0 aliphatic carbocycles. The Bertz CT molecular complexity index is 765. The van der Waals surface area contributed by atoms with E-state index in [9.17, 15) is 13.2 Å². The van der Waals surface area contributed by atoms with Gasteiger partial charge in [0, 0.05) is 30.6 Å². The molecule has 0 spiro atoms. The monoisotopic (exact) mass is 412 g/mol. The second-order valence-electron chi connectivity index (χ2n) is 8.83. The molecule has 8 heteroatoms. The highest BCUT2D eigenvalue weighted by Gasteiger charge is 2.32. The summed E-state index contributed by atoms with van der Waals surface area (Å²) in [6.45, 7) is 10.1. The number of carbonyl (C=O) groups is 1. The van der Waals surface area contributed by atoms with Gasteiger partial charge in [0.05, 0.1) is 37.7 Å². The highest BCUT2D eigenvalue weighted by atomic mass is 32.2. The van der Waals surface area contributed by atoms with E-state index in [0.717, 1.165) is 6.54 Å². The fourth-order valence-corrected chi connectivity index (χ4v) is 5.29. The maximum atomic E-state index is 12.9. The first kappa shape index (κ1) is 22.8. The van der Waals surface area contributed by atoms with Crippen molar-refractivity contribution in [3.05, 3.63) is 29.8 Å². The fourth-order valence-electron chi connectivity index (χ4n) is 3.70. The Morgan fingerprint density at radius 3 is 2.21 bits per heavy atom. The van der Waals surface area contributed by atoms with Crippen LogP contribution in [0.25, 0.3) is 0 Å². The van der Waals surface area contributed by atoms with Crippen molar-refractivity contribution in [1.29, 1.82) is 0 Å². The first-order valence-electron chi connectivity index (χ1n) is 9.73. The molecule has 0 radical (unpaired) electrons. The van der Waals surface area contributed by atoms with Crippen LogP contribution < -0.4 is 10.2 Å². The molecule has 28 heavy (non-hydrogen) atoms. The largest absolute Gasteiger partial charge is 0.373 e. The van der Waals surface area contributed by atoms with Crippen molar-refractivity contribution in [2.24, 2.45) is 5.41 Å². The van der Waals surface area contributed by atoms with Crippen LogP contribution in [0.15, 0.2) is 29.2 Å². The Hall–Kier alpha value is -1.48. The summed E-state index contributed by atoms with van der Waals surface area (Å²) in [4.78, 5) is 13.9. The van der Waals surface area contributed by atoms with Crippen LogP contribution in [0.5, 0.6) is 0 Å². The van der Waals surface area contributed by atoms with Crippen LogP contribution in [0.4, 0.5) is 0 Å². The molecule has 0 bridgehead atoms. The standard InChI is InChI=1S/C20H33N3O4S/c1-15-11-23(12-16(2)27-15)28(25,26)18-9-7-17(8-10-18)19(24)21-13-20(3,4)14-22(5)6/h7-10,15-16H,11-14H2,1-6H3,(H,21,24)/p+1/t15-,16-/m0/s1. The Kier molecular flexibility index (Phi) is 7.25. The highest BCUT2D eigenvalue weighted by molar-refractivity contribution is 7.89. The lowest BCUT2D eigenvalue weighted by Gasteiger charge is -2.34. The number of morpholine rings is 1. The molecule has 1 aromatic rings. The molecule has 2 rings (SSSR count). The quantitative estimate of drug-likeness (QED) is 0.679. The van der Waals surface area contributed by atoms with Gasteiger partial charge in [-0.25, -0.2) is 8.42 Å². The van der Waals surface area contributed by atoms with E-state index in [1.165, 1.54) is 21.3 Å². The average molecular weight is 413 g/mol. The summed E-state index contributed by atoms with van der Waals surface area (Å²) in [6, 6.07) is 6.15. The summed E-state index contributed by atoms with van der Waals surface area (Å²) in [6.07, 6.45) is -0.285. The van der Waals surface area contributed by atoms with Crippen LogP contribution in [0, 0.1) is 5.41 Å². The number of amides is 1. The van der Waals surface area contributed by atoms with E-state index >= 15 is 0 Å². The molecule has 1 fully saturated rings. The van der Waals surface area contributed by atoms with Gasteiger partial charge >= 0.3 is 0 Å². The highest BCUT2D eigenvalue weighted by Crippen LogP contribution is 2.21. The van der Waals surface area contributed by atoms with Crippen molar-refractivity contribution in [1.82, 2.24) is 9.62 Å². The topological polar surface area (TPSA) is 80.2 Å². The van der Waals surface area contributed by atoms with Gasteiger partial charge in [-0.15, -0.1) is 0 Å². The molecule has 1 aliphatic rings. The lowest BCUT2D eigenvalue weighted by molar-refractivity contribution is -0.865. The van der Waals surface area contributed by atoms with Crippen LogP contribution in [0.3, 0.4) is 0 Å². The predicted octanol–water partition coefficient (Wildman–Crippen LogP) is 0.385. The molecule has 2 atom stereocenters. The summed E-state index contributed by atoms with van der Waals surface area (Å²) in [5, 5.41) is 2.95. The minimum absolute atomic E-state index is 0.0263. The molecule has 1 saturated heterocycles. The number of sulfonamides is 1. The molecule has 1 amide bonds. The molecular weight excluding hydrogens is 378 g/mol. The number of quaternary nitrogens is 1. The van der Waals surface area contributed by atoms with Crippen LogP contribution in [-0.4, -0.2) is 71.1 Å². The Morgan fingerprint density at radius 1 is 1.18 bits per heavy atom. The second-order valence-corrected chi connectivity index (χ2v) is 10.8. The van der Waals surface area contributed by atoms with Gasteiger partial charge in [0.2, 0.25) is 10.0 Å². The van der Waals surface area contributed by atoms with Gasteiger partial charge in [0.15, 0.2) is 0 Å². The Labute approximate surface area is 169 Å². The SMILES string of the molecule is C[C@H]1CN(S(=O)(=O)c2ccc(C(=O)NCC(C)(C)C[NH+](C)C)cc2)C[C@H](C)O1. The van der Waals surface area contributed by atoms with Crippen LogP contribution in [-0.2, 0) is 14.8 Å². The van der Waals surface area contributed by atoms with Crippen molar-refractivity contribution in [2.45, 2.75) is 44.8 Å². The van der Waals surface area contributed by atoms with Crippen molar-refractivity contribution >= 4 is 15.9 Å². The third-order valence-electron chi connectivity index (χ3n) is 4.70. The van der Waals surface area contributed by atoms with Gasteiger partial charge < -0.3 is 15.0 Å². The molecule has 1 aromatic carbocycles. The zero-order valence-corrected chi connectivity index (χ0v) is 18.6. The van der Waals surface area contributed by atoms with E-state index in [-0.39, 0.29) is 28.4 Å². The van der Waals surface area contributed by atoms with Crippen LogP contribution in [0.1, 0.15) is 38.1 Å². The minimum atomic E-state index is -3.60. The number of nitrogens with zero attached hydrogens (tertiary/aromatic N) is 1. The number of ether oxygens (including phenoxy) is 1. The third-order valence-corrected chi connectivity index (χ3v) is 6.55. The van der Waals surface area contributed by atoms with Crippen molar-refractivity contribution in [2.75, 3.05) is 40.3 Å². The minimum Gasteiger partial charge on any atom is -0.373 e. The van der Waals surface area contributed by atoms with E-state index in [0.29, 0.717) is 25.2 Å². The summed E-state index contributed by atoms with van der Waals surface area (Å²) < 4.78 is 32.8. The van der Waals surface area contributed by atoms with E-state index in [2.05, 4.69) is 33.3 Å². The number of rotatable bonds is 7. The second kappa shape index (κ2) is 8.90. The number of benzene rings is 1. The zero-order chi connectivity index (χ0) is 21.1. The Morgan fingerprint density at radius 2 is 1.71 bits per heavy atom. The van der Waals surface area contributed by atoms with Crippen molar-refractivity contribution in [3.8, 4) is 0 Å². The Balaban J connectivity index is 2.05. The van der Waals surface area contributed by atoms with Gasteiger partial charge in [0.1, 0.15) is 0 Å². The lowest BCUT2D eigenvalue weighted by atomic mass is 9.93. The molecule has 0 aromatic heterocycles. The molecule has 7 nitrogen and oxygen atoms in total. The first-order chi connectivity index (χ1) is 12.9. The molecular formula is C20H34N3O4S+. The number of hydrogen-bond acceptors (Lipinski definition) is 4. The maximum Gasteiger partial charge on any atom is 0.251 e. The number of carbonyl (C=O) groups excluding carboxylic acids is 1. The van der Waals surface area contributed by atoms with E-state index in [1.54, 1.807) is 12.1 Å². The molecule has 158 valence electrons.